The standard InChI is InChI=1S/C16H13FN8/c17-11-3-10(12-1-2-22-25-12)4-13-14(11)15(24-16(18)23-13)21-7-9-5-19-8-20-6-9/h1-6,8H,7H2,(H,22,25)(H3,18,21,23,24). The van der Waals surface area contributed by atoms with Crippen LogP contribution >= 0.6 is 0 Å². The summed E-state index contributed by atoms with van der Waals surface area (Å²) < 4.78 is 14.7. The van der Waals surface area contributed by atoms with E-state index in [1.807, 2.05) is 0 Å². The first-order valence-electron chi connectivity index (χ1n) is 7.45. The van der Waals surface area contributed by atoms with Crippen LogP contribution in [0.15, 0.2) is 43.1 Å². The van der Waals surface area contributed by atoms with Crippen molar-refractivity contribution in [3.8, 4) is 11.3 Å². The summed E-state index contributed by atoms with van der Waals surface area (Å²) in [5, 5.41) is 10.1. The van der Waals surface area contributed by atoms with Crippen LogP contribution in [0.1, 0.15) is 5.56 Å². The van der Waals surface area contributed by atoms with Gasteiger partial charge in [-0.3, -0.25) is 5.10 Å². The number of halogens is 1. The lowest BCUT2D eigenvalue weighted by molar-refractivity contribution is 0.639. The highest BCUT2D eigenvalue weighted by molar-refractivity contribution is 5.93. The molecule has 0 saturated heterocycles. The lowest BCUT2D eigenvalue weighted by Gasteiger charge is -2.11. The van der Waals surface area contributed by atoms with Gasteiger partial charge in [0, 0.05) is 36.3 Å². The van der Waals surface area contributed by atoms with Gasteiger partial charge < -0.3 is 11.1 Å². The second-order valence-electron chi connectivity index (χ2n) is 5.34. The van der Waals surface area contributed by atoms with E-state index in [0.717, 1.165) is 5.56 Å². The predicted molar refractivity (Wildman–Crippen MR) is 90.8 cm³/mol. The highest BCUT2D eigenvalue weighted by Crippen LogP contribution is 2.29. The minimum absolute atomic E-state index is 0.0536. The minimum atomic E-state index is -0.456. The molecule has 25 heavy (non-hydrogen) atoms. The number of nitrogens with one attached hydrogen (secondary N) is 2. The van der Waals surface area contributed by atoms with Crippen molar-refractivity contribution < 1.29 is 4.39 Å². The van der Waals surface area contributed by atoms with Crippen LogP contribution in [0.4, 0.5) is 16.2 Å². The van der Waals surface area contributed by atoms with Gasteiger partial charge in [0.1, 0.15) is 18.0 Å². The van der Waals surface area contributed by atoms with Crippen molar-refractivity contribution in [2.75, 3.05) is 11.1 Å². The molecule has 0 unspecified atom stereocenters. The molecular weight excluding hydrogens is 323 g/mol. The summed E-state index contributed by atoms with van der Waals surface area (Å²) in [4.78, 5) is 16.2. The Bertz CT molecular complexity index is 1020. The van der Waals surface area contributed by atoms with E-state index in [2.05, 4.69) is 35.5 Å². The van der Waals surface area contributed by atoms with Gasteiger partial charge in [-0.05, 0) is 18.2 Å². The summed E-state index contributed by atoms with van der Waals surface area (Å²) in [5.41, 5.74) is 8.24. The molecule has 0 aliphatic heterocycles. The molecule has 0 saturated carbocycles. The molecule has 1 aromatic carbocycles. The van der Waals surface area contributed by atoms with Gasteiger partial charge in [0.15, 0.2) is 0 Å². The minimum Gasteiger partial charge on any atom is -0.368 e. The molecule has 0 atom stereocenters. The van der Waals surface area contributed by atoms with Crippen LogP contribution in [0.5, 0.6) is 0 Å². The van der Waals surface area contributed by atoms with Crippen LogP contribution in [0.2, 0.25) is 0 Å². The number of nitrogens with two attached hydrogens (primary N) is 1. The SMILES string of the molecule is Nc1nc(NCc2cncnc2)c2c(F)cc(-c3cc[nH]n3)cc2n1. The molecule has 0 fully saturated rings. The average molecular weight is 336 g/mol. The van der Waals surface area contributed by atoms with Gasteiger partial charge >= 0.3 is 0 Å². The van der Waals surface area contributed by atoms with Crippen LogP contribution in [0.25, 0.3) is 22.2 Å². The molecule has 0 radical (unpaired) electrons. The average Bonchev–Trinajstić information content (AvgIpc) is 3.14. The third-order valence-electron chi connectivity index (χ3n) is 3.64. The van der Waals surface area contributed by atoms with Crippen molar-refractivity contribution in [2.24, 2.45) is 0 Å². The van der Waals surface area contributed by atoms with Crippen molar-refractivity contribution >= 4 is 22.7 Å². The summed E-state index contributed by atoms with van der Waals surface area (Å²) in [6.07, 6.45) is 6.44. The van der Waals surface area contributed by atoms with Gasteiger partial charge in [-0.15, -0.1) is 0 Å². The van der Waals surface area contributed by atoms with E-state index in [9.17, 15) is 4.39 Å². The third-order valence-corrected chi connectivity index (χ3v) is 3.64. The number of aromatic nitrogens is 6. The second kappa shape index (κ2) is 6.11. The van der Waals surface area contributed by atoms with Crippen molar-refractivity contribution in [3.05, 3.63) is 54.5 Å². The fraction of sp³-hybridized carbons (Fsp3) is 0.0625. The monoisotopic (exact) mass is 336 g/mol. The second-order valence-corrected chi connectivity index (χ2v) is 5.34. The largest absolute Gasteiger partial charge is 0.368 e. The molecule has 8 nitrogen and oxygen atoms in total. The number of hydrogen-bond donors (Lipinski definition) is 3. The number of fused-ring (bicyclic) bond motifs is 1. The molecule has 9 heteroatoms. The zero-order valence-electron chi connectivity index (χ0n) is 12.9. The van der Waals surface area contributed by atoms with E-state index in [0.29, 0.717) is 29.1 Å². The Morgan fingerprint density at radius 1 is 1.16 bits per heavy atom. The number of nitrogens with zero attached hydrogens (tertiary/aromatic N) is 5. The molecule has 4 aromatic rings. The Balaban J connectivity index is 1.76. The molecule has 4 N–H and O–H groups in total. The maximum absolute atomic E-state index is 14.7. The van der Waals surface area contributed by atoms with Crippen LogP contribution in [0, 0.1) is 5.82 Å². The van der Waals surface area contributed by atoms with Gasteiger partial charge in [-0.2, -0.15) is 10.1 Å². The smallest absolute Gasteiger partial charge is 0.222 e. The van der Waals surface area contributed by atoms with Crippen molar-refractivity contribution in [1.82, 2.24) is 30.1 Å². The Morgan fingerprint density at radius 2 is 2.00 bits per heavy atom. The molecular formula is C16H13FN8. The van der Waals surface area contributed by atoms with E-state index in [1.165, 1.54) is 12.4 Å². The number of aromatic amines is 1. The van der Waals surface area contributed by atoms with E-state index >= 15 is 0 Å². The first-order chi connectivity index (χ1) is 12.2. The molecule has 0 aliphatic rings. The molecule has 0 amide bonds. The van der Waals surface area contributed by atoms with Gasteiger partial charge in [0.05, 0.1) is 16.6 Å². The number of anilines is 2. The molecule has 0 aliphatic carbocycles. The summed E-state index contributed by atoms with van der Waals surface area (Å²) in [6.45, 7) is 0.382. The lowest BCUT2D eigenvalue weighted by Crippen LogP contribution is -2.07. The molecule has 4 rings (SSSR count). The lowest BCUT2D eigenvalue weighted by atomic mass is 10.1. The fourth-order valence-corrected chi connectivity index (χ4v) is 2.54. The van der Waals surface area contributed by atoms with Crippen molar-refractivity contribution in [3.63, 3.8) is 0 Å². The third kappa shape index (κ3) is 2.94. The summed E-state index contributed by atoms with van der Waals surface area (Å²) in [6, 6.07) is 4.87. The van der Waals surface area contributed by atoms with Crippen LogP contribution in [0.3, 0.4) is 0 Å². The molecule has 124 valence electrons. The number of hydrogen-bond acceptors (Lipinski definition) is 7. The van der Waals surface area contributed by atoms with E-state index < -0.39 is 5.82 Å². The maximum Gasteiger partial charge on any atom is 0.222 e. The maximum atomic E-state index is 14.7. The molecule has 0 spiro atoms. The number of rotatable bonds is 4. The Kier molecular flexibility index (Phi) is 3.65. The molecule has 3 aromatic heterocycles. The van der Waals surface area contributed by atoms with Crippen LogP contribution in [-0.4, -0.2) is 30.1 Å². The highest BCUT2D eigenvalue weighted by Gasteiger charge is 2.14. The summed E-state index contributed by atoms with van der Waals surface area (Å²) >= 11 is 0. The topological polar surface area (TPSA) is 118 Å². The molecule has 3 heterocycles. The Labute approximate surface area is 141 Å². The zero-order chi connectivity index (χ0) is 17.2. The molecule has 0 bridgehead atoms. The normalized spacial score (nSPS) is 10.9. The summed E-state index contributed by atoms with van der Waals surface area (Å²) in [7, 11) is 0. The number of H-pyrrole nitrogens is 1. The first-order valence-corrected chi connectivity index (χ1v) is 7.45. The van der Waals surface area contributed by atoms with Crippen molar-refractivity contribution in [1.29, 1.82) is 0 Å². The van der Waals surface area contributed by atoms with Crippen molar-refractivity contribution in [2.45, 2.75) is 6.54 Å². The van der Waals surface area contributed by atoms with E-state index in [1.54, 1.807) is 30.7 Å². The van der Waals surface area contributed by atoms with Gasteiger partial charge in [-0.25, -0.2) is 19.3 Å². The van der Waals surface area contributed by atoms with Gasteiger partial charge in [0.25, 0.3) is 0 Å². The van der Waals surface area contributed by atoms with Gasteiger partial charge in [-0.1, -0.05) is 0 Å². The fourth-order valence-electron chi connectivity index (χ4n) is 2.54. The Hall–Kier alpha value is -3.62. The number of benzene rings is 1. The quantitative estimate of drug-likeness (QED) is 0.522. The Morgan fingerprint density at radius 3 is 2.76 bits per heavy atom. The van der Waals surface area contributed by atoms with Gasteiger partial charge in [0.2, 0.25) is 5.95 Å². The zero-order valence-corrected chi connectivity index (χ0v) is 12.9. The van der Waals surface area contributed by atoms with E-state index in [4.69, 9.17) is 5.73 Å². The van der Waals surface area contributed by atoms with E-state index in [-0.39, 0.29) is 11.3 Å². The first kappa shape index (κ1) is 14.9. The summed E-state index contributed by atoms with van der Waals surface area (Å²) in [5.74, 6) is -0.0855. The van der Waals surface area contributed by atoms with Crippen LogP contribution < -0.4 is 11.1 Å². The number of nitrogen functional groups attached to an aromatic ring is 1. The van der Waals surface area contributed by atoms with Crippen LogP contribution in [-0.2, 0) is 6.54 Å². The highest BCUT2D eigenvalue weighted by atomic mass is 19.1. The predicted octanol–water partition coefficient (Wildman–Crippen LogP) is 2.14.